The van der Waals surface area contributed by atoms with Gasteiger partial charge >= 0.3 is 0 Å². The van der Waals surface area contributed by atoms with Crippen LogP contribution in [0.3, 0.4) is 0 Å². The average molecular weight is 315 g/mol. The number of aryl methyl sites for hydroxylation is 1. The zero-order valence-electron chi connectivity index (χ0n) is 13.4. The highest BCUT2D eigenvalue weighted by atomic mass is 16.3. The molecule has 1 aromatic heterocycles. The number of hydrogen-bond donors (Lipinski definition) is 3. The summed E-state index contributed by atoms with van der Waals surface area (Å²) in [6, 6.07) is 4.54. The first-order valence-corrected chi connectivity index (χ1v) is 7.35. The Bertz CT molecular complexity index is 735. The van der Waals surface area contributed by atoms with E-state index in [1.54, 1.807) is 23.0 Å². The second kappa shape index (κ2) is 7.00. The van der Waals surface area contributed by atoms with Gasteiger partial charge in [-0.25, -0.2) is 0 Å². The zero-order chi connectivity index (χ0) is 17.0. The Morgan fingerprint density at radius 3 is 2.74 bits per heavy atom. The average Bonchev–Trinajstić information content (AvgIpc) is 2.80. The van der Waals surface area contributed by atoms with Crippen LogP contribution in [-0.4, -0.2) is 31.9 Å². The van der Waals surface area contributed by atoms with Crippen LogP contribution in [0.2, 0.25) is 0 Å². The Morgan fingerprint density at radius 2 is 2.13 bits per heavy atom. The molecule has 0 aliphatic rings. The normalized spacial score (nSPS) is 12.5. The Balaban J connectivity index is 1.91. The summed E-state index contributed by atoms with van der Waals surface area (Å²) < 4.78 is 1.75. The van der Waals surface area contributed by atoms with Gasteiger partial charge in [0, 0.05) is 30.4 Å². The van der Waals surface area contributed by atoms with Gasteiger partial charge in [0.15, 0.2) is 11.5 Å². The number of amides is 1. The summed E-state index contributed by atoms with van der Waals surface area (Å²) in [5.41, 5.74) is 2.72. The second-order valence-corrected chi connectivity index (χ2v) is 5.58. The van der Waals surface area contributed by atoms with E-state index in [2.05, 4.69) is 10.4 Å². The molecule has 0 spiro atoms. The fourth-order valence-electron chi connectivity index (χ4n) is 2.24. The zero-order valence-corrected chi connectivity index (χ0v) is 13.4. The number of rotatable bonds is 5. The lowest BCUT2D eigenvalue weighted by Gasteiger charge is -2.13. The highest BCUT2D eigenvalue weighted by molar-refractivity contribution is 5.92. The third-order valence-electron chi connectivity index (χ3n) is 3.66. The molecular weight excluding hydrogens is 294 g/mol. The molecule has 6 heteroatoms. The van der Waals surface area contributed by atoms with Crippen LogP contribution in [0.15, 0.2) is 30.5 Å². The van der Waals surface area contributed by atoms with E-state index in [1.165, 1.54) is 18.2 Å². The molecule has 0 aliphatic heterocycles. The molecule has 0 aliphatic carbocycles. The first-order chi connectivity index (χ1) is 10.9. The van der Waals surface area contributed by atoms with Crippen LogP contribution in [0.4, 0.5) is 0 Å². The van der Waals surface area contributed by atoms with Crippen molar-refractivity contribution < 1.29 is 15.0 Å². The van der Waals surface area contributed by atoms with Gasteiger partial charge < -0.3 is 15.5 Å². The molecule has 0 saturated carbocycles. The molecule has 1 atom stereocenters. The number of nitrogens with one attached hydrogen (secondary N) is 1. The van der Waals surface area contributed by atoms with Crippen molar-refractivity contribution in [3.63, 3.8) is 0 Å². The predicted molar refractivity (Wildman–Crippen MR) is 88.1 cm³/mol. The van der Waals surface area contributed by atoms with Gasteiger partial charge in [0.25, 0.3) is 0 Å². The van der Waals surface area contributed by atoms with Crippen LogP contribution in [-0.2, 0) is 18.3 Å². The molecule has 3 N–H and O–H groups in total. The van der Waals surface area contributed by atoms with Crippen molar-refractivity contribution in [2.75, 3.05) is 0 Å². The van der Waals surface area contributed by atoms with E-state index in [-0.39, 0.29) is 23.4 Å². The van der Waals surface area contributed by atoms with E-state index in [0.717, 1.165) is 16.8 Å². The molecule has 1 amide bonds. The topological polar surface area (TPSA) is 87.4 Å². The molecule has 1 heterocycles. The molecule has 2 aromatic rings. The smallest absolute Gasteiger partial charge is 0.244 e. The Labute approximate surface area is 135 Å². The van der Waals surface area contributed by atoms with Crippen molar-refractivity contribution in [1.82, 2.24) is 15.1 Å². The van der Waals surface area contributed by atoms with E-state index in [4.69, 9.17) is 0 Å². The van der Waals surface area contributed by atoms with Gasteiger partial charge in [0.05, 0.1) is 6.20 Å². The Kier molecular flexibility index (Phi) is 5.05. The first kappa shape index (κ1) is 16.6. The molecule has 1 unspecified atom stereocenters. The minimum absolute atomic E-state index is 0.105. The molecule has 122 valence electrons. The third kappa shape index (κ3) is 4.35. The number of benzene rings is 1. The minimum atomic E-state index is -0.191. The van der Waals surface area contributed by atoms with Gasteiger partial charge in [-0.15, -0.1) is 0 Å². The lowest BCUT2D eigenvalue weighted by Crippen LogP contribution is -2.32. The van der Waals surface area contributed by atoms with Gasteiger partial charge in [-0.05, 0) is 44.0 Å². The van der Waals surface area contributed by atoms with Crippen LogP contribution in [0.25, 0.3) is 6.08 Å². The molecule has 6 nitrogen and oxygen atoms in total. The van der Waals surface area contributed by atoms with E-state index in [0.29, 0.717) is 6.42 Å². The van der Waals surface area contributed by atoms with E-state index in [1.807, 2.05) is 20.9 Å². The Hall–Kier alpha value is -2.76. The summed E-state index contributed by atoms with van der Waals surface area (Å²) in [4.78, 5) is 11.9. The maximum absolute atomic E-state index is 11.9. The van der Waals surface area contributed by atoms with E-state index >= 15 is 0 Å². The molecule has 2 rings (SSSR count). The molecule has 0 saturated heterocycles. The molecule has 0 fully saturated rings. The van der Waals surface area contributed by atoms with Crippen molar-refractivity contribution in [3.8, 4) is 11.5 Å². The second-order valence-electron chi connectivity index (χ2n) is 5.58. The number of carbonyl (C=O) groups is 1. The van der Waals surface area contributed by atoms with E-state index < -0.39 is 0 Å². The highest BCUT2D eigenvalue weighted by Gasteiger charge is 2.08. The number of phenolic OH excluding ortho intramolecular Hbond substituents is 2. The van der Waals surface area contributed by atoms with Crippen molar-refractivity contribution in [2.24, 2.45) is 7.05 Å². The molecule has 0 bridgehead atoms. The predicted octanol–water partition coefficient (Wildman–Crippen LogP) is 1.90. The Morgan fingerprint density at radius 1 is 1.39 bits per heavy atom. The van der Waals surface area contributed by atoms with Crippen LogP contribution in [0.5, 0.6) is 11.5 Å². The number of aromatic nitrogens is 2. The summed E-state index contributed by atoms with van der Waals surface area (Å²) in [6.45, 7) is 3.81. The van der Waals surface area contributed by atoms with Crippen molar-refractivity contribution in [1.29, 1.82) is 0 Å². The molecule has 1 aromatic carbocycles. The number of hydrogen-bond acceptors (Lipinski definition) is 4. The highest BCUT2D eigenvalue weighted by Crippen LogP contribution is 2.25. The molecular formula is C17H21N3O3. The fourth-order valence-corrected chi connectivity index (χ4v) is 2.24. The standard InChI is InChI=1S/C17H21N3O3/c1-11(8-13-4-6-15(21)16(22)9-13)19-17(23)7-5-14-10-18-20(3)12(14)2/h4-7,9-11,21-22H,8H2,1-3H3,(H,19,23). The summed E-state index contributed by atoms with van der Waals surface area (Å²) in [6.07, 6.45) is 5.48. The lowest BCUT2D eigenvalue weighted by atomic mass is 10.1. The fraction of sp³-hybridized carbons (Fsp3) is 0.294. The summed E-state index contributed by atoms with van der Waals surface area (Å²) in [5, 5.41) is 25.7. The number of aromatic hydroxyl groups is 2. The van der Waals surface area contributed by atoms with Gasteiger partial charge in [-0.3, -0.25) is 9.48 Å². The van der Waals surface area contributed by atoms with Crippen LogP contribution in [0, 0.1) is 6.92 Å². The minimum Gasteiger partial charge on any atom is -0.504 e. The number of phenols is 2. The van der Waals surface area contributed by atoms with E-state index in [9.17, 15) is 15.0 Å². The van der Waals surface area contributed by atoms with Gasteiger partial charge in [-0.2, -0.15) is 5.10 Å². The van der Waals surface area contributed by atoms with Crippen LogP contribution < -0.4 is 5.32 Å². The first-order valence-electron chi connectivity index (χ1n) is 7.35. The van der Waals surface area contributed by atoms with Crippen molar-refractivity contribution in [3.05, 3.63) is 47.3 Å². The SMILES string of the molecule is Cc1c(C=CC(=O)NC(C)Cc2ccc(O)c(O)c2)cnn1C. The molecule has 0 radical (unpaired) electrons. The van der Waals surface area contributed by atoms with Gasteiger partial charge in [0.1, 0.15) is 0 Å². The quantitative estimate of drug-likeness (QED) is 0.581. The number of carbonyl (C=O) groups excluding carboxylic acids is 1. The van der Waals surface area contributed by atoms with Gasteiger partial charge in [0.2, 0.25) is 5.91 Å². The summed E-state index contributed by atoms with van der Waals surface area (Å²) in [7, 11) is 1.85. The van der Waals surface area contributed by atoms with Crippen LogP contribution in [0.1, 0.15) is 23.7 Å². The third-order valence-corrected chi connectivity index (χ3v) is 3.66. The largest absolute Gasteiger partial charge is 0.504 e. The summed E-state index contributed by atoms with van der Waals surface area (Å²) >= 11 is 0. The van der Waals surface area contributed by atoms with Crippen molar-refractivity contribution >= 4 is 12.0 Å². The lowest BCUT2D eigenvalue weighted by molar-refractivity contribution is -0.117. The monoisotopic (exact) mass is 315 g/mol. The molecule has 23 heavy (non-hydrogen) atoms. The van der Waals surface area contributed by atoms with Gasteiger partial charge in [-0.1, -0.05) is 6.07 Å². The van der Waals surface area contributed by atoms with Crippen molar-refractivity contribution in [2.45, 2.75) is 26.3 Å². The maximum atomic E-state index is 11.9. The summed E-state index contributed by atoms with van der Waals surface area (Å²) in [5.74, 6) is -0.503. The number of nitrogens with zero attached hydrogens (tertiary/aromatic N) is 2. The maximum Gasteiger partial charge on any atom is 0.244 e. The van der Waals surface area contributed by atoms with Crippen LogP contribution >= 0.6 is 0 Å².